The summed E-state index contributed by atoms with van der Waals surface area (Å²) in [5, 5.41) is 3.12. The second kappa shape index (κ2) is 5.34. The van der Waals surface area contributed by atoms with E-state index in [1.807, 2.05) is 45.0 Å². The zero-order valence-corrected chi connectivity index (χ0v) is 11.5. The van der Waals surface area contributed by atoms with E-state index in [-0.39, 0.29) is 5.54 Å². The molecule has 16 heavy (non-hydrogen) atoms. The van der Waals surface area contributed by atoms with Gasteiger partial charge in [-0.1, -0.05) is 34.1 Å². The Morgan fingerprint density at radius 3 is 2.56 bits per heavy atom. The monoisotopic (exact) mass is 283 g/mol. The Balaban J connectivity index is 2.63. The molecule has 0 aliphatic rings. The minimum atomic E-state index is -0.0541. The van der Waals surface area contributed by atoms with Gasteiger partial charge in [-0.3, -0.25) is 0 Å². The van der Waals surface area contributed by atoms with Gasteiger partial charge in [0.15, 0.2) is 5.96 Å². The number of nitrogens with zero attached hydrogens (tertiary/aromatic N) is 1. The van der Waals surface area contributed by atoms with E-state index in [0.29, 0.717) is 12.5 Å². The average molecular weight is 284 g/mol. The molecule has 0 saturated heterocycles. The predicted molar refractivity (Wildman–Crippen MR) is 72.4 cm³/mol. The van der Waals surface area contributed by atoms with Crippen LogP contribution in [-0.4, -0.2) is 11.5 Å². The van der Waals surface area contributed by atoms with Gasteiger partial charge in [0.05, 0.1) is 6.54 Å². The standard InChI is InChI=1S/C12H18BrN3/c1-12(2,3)16-11(14)15-8-9-6-4-5-7-10(9)13/h4-7H,8H2,1-3H3,(H3,14,15,16). The van der Waals surface area contributed by atoms with Crippen LogP contribution in [0.15, 0.2) is 33.7 Å². The van der Waals surface area contributed by atoms with E-state index in [9.17, 15) is 0 Å². The van der Waals surface area contributed by atoms with Gasteiger partial charge in [0, 0.05) is 10.0 Å². The van der Waals surface area contributed by atoms with Crippen LogP contribution in [0.4, 0.5) is 0 Å². The van der Waals surface area contributed by atoms with Crippen LogP contribution in [0.1, 0.15) is 26.3 Å². The van der Waals surface area contributed by atoms with Gasteiger partial charge in [-0.05, 0) is 32.4 Å². The van der Waals surface area contributed by atoms with Crippen LogP contribution in [0.3, 0.4) is 0 Å². The van der Waals surface area contributed by atoms with Crippen molar-refractivity contribution in [2.75, 3.05) is 0 Å². The molecule has 0 aliphatic heterocycles. The van der Waals surface area contributed by atoms with Crippen LogP contribution in [0.2, 0.25) is 0 Å². The number of nitrogens with one attached hydrogen (secondary N) is 1. The molecular weight excluding hydrogens is 266 g/mol. The van der Waals surface area contributed by atoms with Gasteiger partial charge in [-0.2, -0.15) is 0 Å². The number of benzene rings is 1. The largest absolute Gasteiger partial charge is 0.370 e. The van der Waals surface area contributed by atoms with Gasteiger partial charge in [-0.25, -0.2) is 4.99 Å². The Morgan fingerprint density at radius 1 is 1.38 bits per heavy atom. The van der Waals surface area contributed by atoms with Gasteiger partial charge < -0.3 is 11.1 Å². The predicted octanol–water partition coefficient (Wildman–Crippen LogP) is 2.65. The number of halogens is 1. The highest BCUT2D eigenvalue weighted by Gasteiger charge is 2.09. The molecular formula is C12H18BrN3. The minimum Gasteiger partial charge on any atom is -0.370 e. The number of guanidine groups is 1. The minimum absolute atomic E-state index is 0.0541. The first-order valence-corrected chi connectivity index (χ1v) is 5.99. The number of rotatable bonds is 2. The maximum atomic E-state index is 5.78. The van der Waals surface area contributed by atoms with Gasteiger partial charge in [0.2, 0.25) is 0 Å². The Morgan fingerprint density at radius 2 is 2.00 bits per heavy atom. The normalized spacial score (nSPS) is 12.6. The lowest BCUT2D eigenvalue weighted by atomic mass is 10.1. The van der Waals surface area contributed by atoms with Crippen molar-refractivity contribution in [3.63, 3.8) is 0 Å². The van der Waals surface area contributed by atoms with Crippen molar-refractivity contribution < 1.29 is 0 Å². The Labute approximate surface area is 105 Å². The summed E-state index contributed by atoms with van der Waals surface area (Å²) in [6.45, 7) is 6.73. The van der Waals surface area contributed by atoms with E-state index in [1.165, 1.54) is 0 Å². The van der Waals surface area contributed by atoms with Crippen molar-refractivity contribution in [2.45, 2.75) is 32.9 Å². The van der Waals surface area contributed by atoms with E-state index in [1.54, 1.807) is 0 Å². The molecule has 1 rings (SSSR count). The summed E-state index contributed by atoms with van der Waals surface area (Å²) in [5.74, 6) is 0.475. The molecule has 0 saturated carbocycles. The van der Waals surface area contributed by atoms with Crippen LogP contribution in [0.5, 0.6) is 0 Å². The first-order chi connectivity index (χ1) is 7.38. The molecule has 0 aromatic heterocycles. The summed E-state index contributed by atoms with van der Waals surface area (Å²) in [6, 6.07) is 7.99. The average Bonchev–Trinajstić information content (AvgIpc) is 2.14. The van der Waals surface area contributed by atoms with Gasteiger partial charge >= 0.3 is 0 Å². The van der Waals surface area contributed by atoms with Crippen molar-refractivity contribution in [1.29, 1.82) is 0 Å². The van der Waals surface area contributed by atoms with E-state index in [0.717, 1.165) is 10.0 Å². The molecule has 0 aliphatic carbocycles. The lowest BCUT2D eigenvalue weighted by Gasteiger charge is -2.21. The summed E-state index contributed by atoms with van der Waals surface area (Å²) in [6.07, 6.45) is 0. The summed E-state index contributed by atoms with van der Waals surface area (Å²) < 4.78 is 1.06. The summed E-state index contributed by atoms with van der Waals surface area (Å²) in [7, 11) is 0. The van der Waals surface area contributed by atoms with Crippen LogP contribution in [0.25, 0.3) is 0 Å². The van der Waals surface area contributed by atoms with Crippen molar-refractivity contribution in [3.05, 3.63) is 34.3 Å². The lowest BCUT2D eigenvalue weighted by molar-refractivity contribution is 0.508. The molecule has 3 N–H and O–H groups in total. The first-order valence-electron chi connectivity index (χ1n) is 5.20. The Bertz CT molecular complexity index is 380. The highest BCUT2D eigenvalue weighted by Crippen LogP contribution is 2.16. The molecule has 1 aromatic carbocycles. The molecule has 1 aromatic rings. The van der Waals surface area contributed by atoms with Gasteiger partial charge in [0.25, 0.3) is 0 Å². The van der Waals surface area contributed by atoms with Crippen LogP contribution >= 0.6 is 15.9 Å². The molecule has 0 spiro atoms. The zero-order chi connectivity index (χ0) is 12.2. The third-order valence-corrected chi connectivity index (χ3v) is 2.65. The van der Waals surface area contributed by atoms with Gasteiger partial charge in [0.1, 0.15) is 0 Å². The molecule has 0 atom stereocenters. The third kappa shape index (κ3) is 4.66. The molecule has 0 fully saturated rings. The fourth-order valence-electron chi connectivity index (χ4n) is 1.22. The van der Waals surface area contributed by atoms with Crippen molar-refractivity contribution in [3.8, 4) is 0 Å². The van der Waals surface area contributed by atoms with Crippen LogP contribution < -0.4 is 11.1 Å². The number of aliphatic imine (C=N–C) groups is 1. The van der Waals surface area contributed by atoms with E-state index in [2.05, 4.69) is 26.2 Å². The van der Waals surface area contributed by atoms with Crippen molar-refractivity contribution in [2.24, 2.45) is 10.7 Å². The molecule has 0 heterocycles. The van der Waals surface area contributed by atoms with E-state index >= 15 is 0 Å². The zero-order valence-electron chi connectivity index (χ0n) is 9.92. The fourth-order valence-corrected chi connectivity index (χ4v) is 1.63. The molecule has 0 amide bonds. The highest BCUT2D eigenvalue weighted by atomic mass is 79.9. The highest BCUT2D eigenvalue weighted by molar-refractivity contribution is 9.10. The van der Waals surface area contributed by atoms with E-state index in [4.69, 9.17) is 5.73 Å². The number of hydrogen-bond acceptors (Lipinski definition) is 1. The van der Waals surface area contributed by atoms with Crippen molar-refractivity contribution in [1.82, 2.24) is 5.32 Å². The second-order valence-corrected chi connectivity index (χ2v) is 5.52. The summed E-state index contributed by atoms with van der Waals surface area (Å²) in [5.41, 5.74) is 6.85. The molecule has 88 valence electrons. The lowest BCUT2D eigenvalue weighted by Crippen LogP contribution is -2.44. The summed E-state index contributed by atoms with van der Waals surface area (Å²) >= 11 is 3.48. The summed E-state index contributed by atoms with van der Waals surface area (Å²) in [4.78, 5) is 4.29. The Kier molecular flexibility index (Phi) is 4.35. The maximum Gasteiger partial charge on any atom is 0.189 e. The molecule has 0 radical (unpaired) electrons. The fraction of sp³-hybridized carbons (Fsp3) is 0.417. The topological polar surface area (TPSA) is 50.4 Å². The maximum absolute atomic E-state index is 5.78. The van der Waals surface area contributed by atoms with Gasteiger partial charge in [-0.15, -0.1) is 0 Å². The Hall–Kier alpha value is -1.03. The van der Waals surface area contributed by atoms with Crippen LogP contribution in [0, 0.1) is 0 Å². The third-order valence-electron chi connectivity index (χ3n) is 1.88. The SMILES string of the molecule is CC(C)(C)NC(N)=NCc1ccccc1Br. The smallest absolute Gasteiger partial charge is 0.189 e. The second-order valence-electron chi connectivity index (χ2n) is 4.67. The van der Waals surface area contributed by atoms with E-state index < -0.39 is 0 Å². The quantitative estimate of drug-likeness (QED) is 0.648. The number of nitrogens with two attached hydrogens (primary N) is 1. The van der Waals surface area contributed by atoms with Crippen molar-refractivity contribution >= 4 is 21.9 Å². The number of hydrogen-bond donors (Lipinski definition) is 2. The van der Waals surface area contributed by atoms with Crippen LogP contribution in [-0.2, 0) is 6.54 Å². The molecule has 0 bridgehead atoms. The molecule has 0 unspecified atom stereocenters. The first kappa shape index (κ1) is 13.0. The molecule has 3 nitrogen and oxygen atoms in total. The molecule has 4 heteroatoms.